The van der Waals surface area contributed by atoms with E-state index in [1.807, 2.05) is 21.5 Å². The lowest BCUT2D eigenvalue weighted by atomic mass is 10.1. The van der Waals surface area contributed by atoms with Gasteiger partial charge in [0.25, 0.3) is 0 Å². The van der Waals surface area contributed by atoms with E-state index in [9.17, 15) is 0 Å². The summed E-state index contributed by atoms with van der Waals surface area (Å²) in [4.78, 5) is 4.87. The zero-order chi connectivity index (χ0) is 22.7. The number of aromatic nitrogens is 8. The van der Waals surface area contributed by atoms with Gasteiger partial charge in [-0.3, -0.25) is 0 Å². The zero-order valence-corrected chi connectivity index (χ0v) is 19.8. The fourth-order valence-electron chi connectivity index (χ4n) is 3.84. The SMILES string of the molecule is CCCCc1nc(CC(C)C)nn1-c1ccc(-n2ccc(Cl)c2-c2nn[nH]n2)cc1CC. The van der Waals surface area contributed by atoms with Gasteiger partial charge in [0.2, 0.25) is 5.82 Å². The summed E-state index contributed by atoms with van der Waals surface area (Å²) in [6.45, 7) is 8.75. The Labute approximate surface area is 193 Å². The Bertz CT molecular complexity index is 1170. The van der Waals surface area contributed by atoms with E-state index in [0.29, 0.717) is 22.5 Å². The van der Waals surface area contributed by atoms with Crippen LogP contribution in [0.25, 0.3) is 22.9 Å². The quantitative estimate of drug-likeness (QED) is 0.386. The molecule has 0 saturated heterocycles. The first kappa shape index (κ1) is 22.2. The Morgan fingerprint density at radius 1 is 1.16 bits per heavy atom. The predicted molar refractivity (Wildman–Crippen MR) is 125 cm³/mol. The Kier molecular flexibility index (Phi) is 6.69. The van der Waals surface area contributed by atoms with Crippen LogP contribution in [0, 0.1) is 5.92 Å². The molecule has 0 radical (unpaired) electrons. The minimum absolute atomic E-state index is 0.457. The molecule has 1 N–H and O–H groups in total. The number of unbranched alkanes of at least 4 members (excludes halogenated alkanes) is 1. The van der Waals surface area contributed by atoms with E-state index < -0.39 is 0 Å². The van der Waals surface area contributed by atoms with Crippen molar-refractivity contribution < 1.29 is 0 Å². The Hall–Kier alpha value is -3.00. The summed E-state index contributed by atoms with van der Waals surface area (Å²) in [5.41, 5.74) is 3.95. The van der Waals surface area contributed by atoms with Crippen LogP contribution in [0.15, 0.2) is 30.5 Å². The summed E-state index contributed by atoms with van der Waals surface area (Å²) >= 11 is 6.44. The predicted octanol–water partition coefficient (Wildman–Crippen LogP) is 5.00. The van der Waals surface area contributed by atoms with E-state index >= 15 is 0 Å². The maximum atomic E-state index is 6.44. The third kappa shape index (κ3) is 4.46. The van der Waals surface area contributed by atoms with Gasteiger partial charge >= 0.3 is 0 Å². The number of rotatable bonds is 9. The molecular weight excluding hydrogens is 424 g/mol. The Morgan fingerprint density at radius 2 is 2.00 bits per heavy atom. The molecule has 168 valence electrons. The molecule has 8 nitrogen and oxygen atoms in total. The number of hydrogen-bond donors (Lipinski definition) is 1. The molecule has 0 unspecified atom stereocenters. The molecule has 0 bridgehead atoms. The van der Waals surface area contributed by atoms with E-state index in [2.05, 4.69) is 66.5 Å². The number of halogens is 1. The van der Waals surface area contributed by atoms with E-state index in [1.165, 1.54) is 5.56 Å². The third-order valence-electron chi connectivity index (χ3n) is 5.41. The fourth-order valence-corrected chi connectivity index (χ4v) is 4.08. The van der Waals surface area contributed by atoms with Crippen molar-refractivity contribution in [3.63, 3.8) is 0 Å². The van der Waals surface area contributed by atoms with Crippen LogP contribution in [0.2, 0.25) is 5.02 Å². The zero-order valence-electron chi connectivity index (χ0n) is 19.0. The molecule has 0 aliphatic rings. The highest BCUT2D eigenvalue weighted by Gasteiger charge is 2.18. The minimum Gasteiger partial charge on any atom is -0.312 e. The molecule has 0 saturated carbocycles. The number of tetrazole rings is 1. The van der Waals surface area contributed by atoms with Gasteiger partial charge in [-0.2, -0.15) is 10.3 Å². The number of H-pyrrole nitrogens is 1. The first-order chi connectivity index (χ1) is 15.5. The first-order valence-corrected chi connectivity index (χ1v) is 11.6. The second kappa shape index (κ2) is 9.65. The van der Waals surface area contributed by atoms with Crippen molar-refractivity contribution in [3.8, 4) is 22.9 Å². The molecule has 0 aliphatic carbocycles. The largest absolute Gasteiger partial charge is 0.312 e. The molecule has 3 aromatic heterocycles. The van der Waals surface area contributed by atoms with Crippen molar-refractivity contribution in [1.29, 1.82) is 0 Å². The molecule has 0 spiro atoms. The van der Waals surface area contributed by atoms with Gasteiger partial charge in [0.05, 0.1) is 10.7 Å². The number of nitrogens with one attached hydrogen (secondary N) is 1. The Morgan fingerprint density at radius 3 is 2.69 bits per heavy atom. The van der Waals surface area contributed by atoms with E-state index in [-0.39, 0.29) is 0 Å². The third-order valence-corrected chi connectivity index (χ3v) is 5.71. The van der Waals surface area contributed by atoms with Crippen molar-refractivity contribution in [2.45, 2.75) is 59.8 Å². The van der Waals surface area contributed by atoms with Crippen molar-refractivity contribution in [2.75, 3.05) is 0 Å². The Balaban J connectivity index is 1.77. The molecule has 0 atom stereocenters. The van der Waals surface area contributed by atoms with Crippen LogP contribution in [-0.4, -0.2) is 40.0 Å². The number of benzene rings is 1. The number of nitrogens with zero attached hydrogens (tertiary/aromatic N) is 7. The van der Waals surface area contributed by atoms with Crippen molar-refractivity contribution in [1.82, 2.24) is 40.0 Å². The van der Waals surface area contributed by atoms with E-state index in [0.717, 1.165) is 55.1 Å². The first-order valence-electron chi connectivity index (χ1n) is 11.2. The van der Waals surface area contributed by atoms with Crippen LogP contribution in [0.1, 0.15) is 57.7 Å². The molecule has 4 rings (SSSR count). The molecule has 4 aromatic rings. The maximum absolute atomic E-state index is 6.44. The van der Waals surface area contributed by atoms with Gasteiger partial charge in [-0.05, 0) is 53.8 Å². The van der Waals surface area contributed by atoms with Gasteiger partial charge < -0.3 is 4.57 Å². The highest BCUT2D eigenvalue weighted by Crippen LogP contribution is 2.30. The molecule has 1 aromatic carbocycles. The number of aryl methyl sites for hydroxylation is 2. The van der Waals surface area contributed by atoms with Gasteiger partial charge in [0, 0.05) is 24.7 Å². The summed E-state index contributed by atoms with van der Waals surface area (Å²) in [5, 5.41) is 19.8. The van der Waals surface area contributed by atoms with Gasteiger partial charge in [-0.15, -0.1) is 10.2 Å². The molecule has 32 heavy (non-hydrogen) atoms. The van der Waals surface area contributed by atoms with Crippen LogP contribution >= 0.6 is 11.6 Å². The van der Waals surface area contributed by atoms with Crippen LogP contribution in [0.5, 0.6) is 0 Å². The smallest absolute Gasteiger partial charge is 0.222 e. The van der Waals surface area contributed by atoms with Crippen LogP contribution in [0.4, 0.5) is 0 Å². The van der Waals surface area contributed by atoms with Crippen molar-refractivity contribution in [2.24, 2.45) is 5.92 Å². The maximum Gasteiger partial charge on any atom is 0.222 e. The average molecular weight is 453 g/mol. The molecule has 9 heteroatoms. The van der Waals surface area contributed by atoms with Crippen LogP contribution in [-0.2, 0) is 19.3 Å². The van der Waals surface area contributed by atoms with Crippen LogP contribution < -0.4 is 0 Å². The highest BCUT2D eigenvalue weighted by molar-refractivity contribution is 6.33. The number of aromatic amines is 1. The fraction of sp³-hybridized carbons (Fsp3) is 0.435. The van der Waals surface area contributed by atoms with E-state index in [1.54, 1.807) is 0 Å². The molecule has 0 amide bonds. The van der Waals surface area contributed by atoms with Gasteiger partial charge in [-0.25, -0.2) is 9.67 Å². The second-order valence-corrected chi connectivity index (χ2v) is 8.75. The standard InChI is InChI=1S/C23H29ClN8/c1-5-7-8-21-25-20(13-15(3)4)28-32(21)19-10-9-17(14-16(19)6-2)31-12-11-18(24)22(31)23-26-29-30-27-23/h9-12,14-15H,5-8,13H2,1-4H3,(H,26,27,29,30). The second-order valence-electron chi connectivity index (χ2n) is 8.34. The molecule has 0 fully saturated rings. The number of hydrogen-bond acceptors (Lipinski definition) is 5. The van der Waals surface area contributed by atoms with Gasteiger partial charge in [0.1, 0.15) is 11.5 Å². The lowest BCUT2D eigenvalue weighted by Gasteiger charge is -2.14. The van der Waals surface area contributed by atoms with E-state index in [4.69, 9.17) is 21.7 Å². The molecular formula is C23H29ClN8. The van der Waals surface area contributed by atoms with Crippen molar-refractivity contribution >= 4 is 11.6 Å². The average Bonchev–Trinajstić information content (AvgIpc) is 3.51. The molecule has 0 aliphatic heterocycles. The summed E-state index contributed by atoms with van der Waals surface area (Å²) in [7, 11) is 0. The summed E-state index contributed by atoms with van der Waals surface area (Å²) in [6.07, 6.45) is 6.80. The highest BCUT2D eigenvalue weighted by atomic mass is 35.5. The summed E-state index contributed by atoms with van der Waals surface area (Å²) in [6, 6.07) is 8.20. The van der Waals surface area contributed by atoms with Crippen molar-refractivity contribution in [3.05, 3.63) is 52.7 Å². The van der Waals surface area contributed by atoms with Crippen LogP contribution in [0.3, 0.4) is 0 Å². The molecule has 3 heterocycles. The van der Waals surface area contributed by atoms with Gasteiger partial charge in [-0.1, -0.05) is 45.7 Å². The lowest BCUT2D eigenvalue weighted by Crippen LogP contribution is -2.08. The lowest BCUT2D eigenvalue weighted by molar-refractivity contribution is 0.618. The summed E-state index contributed by atoms with van der Waals surface area (Å²) in [5.74, 6) is 2.91. The minimum atomic E-state index is 0.457. The van der Waals surface area contributed by atoms with Gasteiger partial charge in [0.15, 0.2) is 5.82 Å². The normalized spacial score (nSPS) is 11.6. The topological polar surface area (TPSA) is 90.1 Å². The summed E-state index contributed by atoms with van der Waals surface area (Å²) < 4.78 is 4.03. The monoisotopic (exact) mass is 452 g/mol.